The van der Waals surface area contributed by atoms with Crippen molar-refractivity contribution in [3.05, 3.63) is 30.0 Å². The quantitative estimate of drug-likeness (QED) is 0.694. The summed E-state index contributed by atoms with van der Waals surface area (Å²) in [4.78, 5) is 18.7. The summed E-state index contributed by atoms with van der Waals surface area (Å²) in [5.74, 6) is -0.278. The van der Waals surface area contributed by atoms with Crippen molar-refractivity contribution in [2.24, 2.45) is 0 Å². The Morgan fingerprint density at radius 2 is 2.33 bits per heavy atom. The molecule has 0 aliphatic carbocycles. The summed E-state index contributed by atoms with van der Waals surface area (Å²) >= 11 is 0. The molecule has 94 valence electrons. The first-order chi connectivity index (χ1) is 8.68. The van der Waals surface area contributed by atoms with Gasteiger partial charge in [0.05, 0.1) is 11.3 Å². The highest BCUT2D eigenvalue weighted by atomic mass is 16.5. The SMILES string of the molecule is Nc1c(C(=O)O)ccnc1NCCc1ncno1. The summed E-state index contributed by atoms with van der Waals surface area (Å²) in [5, 5.41) is 15.3. The fraction of sp³-hybridized carbons (Fsp3) is 0.200. The summed E-state index contributed by atoms with van der Waals surface area (Å²) in [6, 6.07) is 1.35. The molecule has 0 radical (unpaired) electrons. The van der Waals surface area contributed by atoms with E-state index >= 15 is 0 Å². The van der Waals surface area contributed by atoms with Gasteiger partial charge >= 0.3 is 5.97 Å². The Morgan fingerprint density at radius 1 is 1.50 bits per heavy atom. The Balaban J connectivity index is 2.01. The first kappa shape index (κ1) is 11.8. The molecule has 0 amide bonds. The minimum absolute atomic E-state index is 0.0188. The van der Waals surface area contributed by atoms with Crippen molar-refractivity contribution in [3.8, 4) is 0 Å². The van der Waals surface area contributed by atoms with E-state index in [-0.39, 0.29) is 11.3 Å². The number of carbonyl (C=O) groups is 1. The number of aromatic carboxylic acids is 1. The van der Waals surface area contributed by atoms with Crippen LogP contribution in [-0.2, 0) is 6.42 Å². The van der Waals surface area contributed by atoms with E-state index in [4.69, 9.17) is 15.4 Å². The van der Waals surface area contributed by atoms with Crippen molar-refractivity contribution in [1.82, 2.24) is 15.1 Å². The van der Waals surface area contributed by atoms with Crippen molar-refractivity contribution in [2.45, 2.75) is 6.42 Å². The molecule has 0 unspecified atom stereocenters. The van der Waals surface area contributed by atoms with Crippen LogP contribution in [0.1, 0.15) is 16.2 Å². The maximum Gasteiger partial charge on any atom is 0.337 e. The van der Waals surface area contributed by atoms with Gasteiger partial charge in [0, 0.05) is 19.2 Å². The number of nitrogens with one attached hydrogen (secondary N) is 1. The number of nitrogens with two attached hydrogens (primary N) is 1. The number of carboxylic acids is 1. The Hall–Kier alpha value is -2.64. The highest BCUT2D eigenvalue weighted by molar-refractivity contribution is 5.96. The summed E-state index contributed by atoms with van der Waals surface area (Å²) in [6.45, 7) is 0.461. The van der Waals surface area contributed by atoms with Crippen molar-refractivity contribution in [1.29, 1.82) is 0 Å². The summed E-state index contributed by atoms with van der Waals surface area (Å²) in [6.07, 6.45) is 3.19. The lowest BCUT2D eigenvalue weighted by atomic mass is 10.2. The van der Waals surface area contributed by atoms with E-state index in [0.717, 1.165) is 0 Å². The largest absolute Gasteiger partial charge is 0.478 e. The Labute approximate surface area is 102 Å². The van der Waals surface area contributed by atoms with Crippen molar-refractivity contribution >= 4 is 17.5 Å². The smallest absolute Gasteiger partial charge is 0.337 e. The minimum Gasteiger partial charge on any atom is -0.478 e. The maximum atomic E-state index is 10.9. The lowest BCUT2D eigenvalue weighted by Gasteiger charge is -2.08. The van der Waals surface area contributed by atoms with Gasteiger partial charge in [-0.25, -0.2) is 9.78 Å². The van der Waals surface area contributed by atoms with Crippen LogP contribution in [0.2, 0.25) is 0 Å². The van der Waals surface area contributed by atoms with Gasteiger partial charge in [-0.2, -0.15) is 4.98 Å². The third kappa shape index (κ3) is 2.54. The molecular weight excluding hydrogens is 238 g/mol. The van der Waals surface area contributed by atoms with Gasteiger partial charge in [-0.05, 0) is 6.07 Å². The number of hydrogen-bond acceptors (Lipinski definition) is 7. The number of nitrogen functional groups attached to an aromatic ring is 1. The Morgan fingerprint density at radius 3 is 3.00 bits per heavy atom. The summed E-state index contributed by atoms with van der Waals surface area (Å²) in [7, 11) is 0. The monoisotopic (exact) mass is 249 g/mol. The molecule has 0 aromatic carbocycles. The molecule has 4 N–H and O–H groups in total. The second-order valence-corrected chi connectivity index (χ2v) is 3.44. The van der Waals surface area contributed by atoms with Gasteiger partial charge in [0.2, 0.25) is 5.89 Å². The molecule has 18 heavy (non-hydrogen) atoms. The molecule has 2 aromatic heterocycles. The minimum atomic E-state index is -1.09. The van der Waals surface area contributed by atoms with Crippen LogP contribution in [0.25, 0.3) is 0 Å². The number of rotatable bonds is 5. The zero-order valence-electron chi connectivity index (χ0n) is 9.33. The van der Waals surface area contributed by atoms with Crippen LogP contribution in [0.5, 0.6) is 0 Å². The number of anilines is 2. The molecule has 0 saturated carbocycles. The topological polar surface area (TPSA) is 127 Å². The third-order valence-corrected chi connectivity index (χ3v) is 2.26. The van der Waals surface area contributed by atoms with Crippen LogP contribution >= 0.6 is 0 Å². The van der Waals surface area contributed by atoms with E-state index in [1.165, 1.54) is 18.6 Å². The van der Waals surface area contributed by atoms with Gasteiger partial charge in [-0.1, -0.05) is 5.16 Å². The lowest BCUT2D eigenvalue weighted by Crippen LogP contribution is -2.11. The van der Waals surface area contributed by atoms with E-state index in [0.29, 0.717) is 24.7 Å². The van der Waals surface area contributed by atoms with Gasteiger partial charge < -0.3 is 20.7 Å². The number of pyridine rings is 1. The van der Waals surface area contributed by atoms with E-state index < -0.39 is 5.97 Å². The molecule has 0 bridgehead atoms. The number of nitrogens with zero attached hydrogens (tertiary/aromatic N) is 3. The second kappa shape index (κ2) is 5.13. The maximum absolute atomic E-state index is 10.9. The normalized spacial score (nSPS) is 10.2. The molecule has 0 fully saturated rings. The molecule has 0 saturated heterocycles. The van der Waals surface area contributed by atoms with Crippen molar-refractivity contribution in [2.75, 3.05) is 17.6 Å². The van der Waals surface area contributed by atoms with Gasteiger partial charge in [0.15, 0.2) is 6.33 Å². The third-order valence-electron chi connectivity index (χ3n) is 2.26. The number of aromatic nitrogens is 3. The van der Waals surface area contributed by atoms with Crippen LogP contribution in [0.3, 0.4) is 0 Å². The molecule has 0 aliphatic rings. The van der Waals surface area contributed by atoms with Crippen molar-refractivity contribution < 1.29 is 14.4 Å². The average molecular weight is 249 g/mol. The van der Waals surface area contributed by atoms with E-state index in [1.54, 1.807) is 0 Å². The van der Waals surface area contributed by atoms with Gasteiger partial charge in [-0.3, -0.25) is 0 Å². The molecule has 2 aromatic rings. The average Bonchev–Trinajstić information content (AvgIpc) is 2.84. The highest BCUT2D eigenvalue weighted by Gasteiger charge is 2.11. The zero-order chi connectivity index (χ0) is 13.0. The predicted octanol–water partition coefficient (Wildman–Crippen LogP) is 0.400. The van der Waals surface area contributed by atoms with E-state index in [2.05, 4.69) is 20.4 Å². The van der Waals surface area contributed by atoms with E-state index in [9.17, 15) is 4.79 Å². The van der Waals surface area contributed by atoms with Gasteiger partial charge in [0.1, 0.15) is 5.82 Å². The molecule has 0 aliphatic heterocycles. The lowest BCUT2D eigenvalue weighted by molar-refractivity contribution is 0.0698. The summed E-state index contributed by atoms with van der Waals surface area (Å²) < 4.78 is 4.82. The van der Waals surface area contributed by atoms with Gasteiger partial charge in [-0.15, -0.1) is 0 Å². The molecule has 0 atom stereocenters. The standard InChI is InChI=1S/C10H11N5O3/c11-8-6(10(16)17)1-3-12-9(8)13-4-2-7-14-5-15-18-7/h1,3,5H,2,4,11H2,(H,12,13)(H,16,17). The fourth-order valence-corrected chi connectivity index (χ4v) is 1.39. The zero-order valence-corrected chi connectivity index (χ0v) is 9.33. The summed E-state index contributed by atoms with van der Waals surface area (Å²) in [5.41, 5.74) is 5.81. The Kier molecular flexibility index (Phi) is 3.37. The van der Waals surface area contributed by atoms with Crippen LogP contribution < -0.4 is 11.1 Å². The van der Waals surface area contributed by atoms with Crippen molar-refractivity contribution in [3.63, 3.8) is 0 Å². The fourth-order valence-electron chi connectivity index (χ4n) is 1.39. The van der Waals surface area contributed by atoms with E-state index in [1.807, 2.05) is 0 Å². The molecular formula is C10H11N5O3. The Bertz CT molecular complexity index is 540. The predicted molar refractivity (Wildman–Crippen MR) is 62.1 cm³/mol. The number of carboxylic acid groups (broad SMARTS) is 1. The first-order valence-electron chi connectivity index (χ1n) is 5.15. The van der Waals surface area contributed by atoms with Crippen LogP contribution in [-0.4, -0.2) is 32.7 Å². The first-order valence-corrected chi connectivity index (χ1v) is 5.15. The van der Waals surface area contributed by atoms with Crippen LogP contribution in [0.15, 0.2) is 23.1 Å². The second-order valence-electron chi connectivity index (χ2n) is 3.44. The molecule has 0 spiro atoms. The molecule has 8 nitrogen and oxygen atoms in total. The molecule has 2 heterocycles. The highest BCUT2D eigenvalue weighted by Crippen LogP contribution is 2.19. The van der Waals surface area contributed by atoms with Gasteiger partial charge in [0.25, 0.3) is 0 Å². The van der Waals surface area contributed by atoms with Crippen LogP contribution in [0, 0.1) is 0 Å². The van der Waals surface area contributed by atoms with Crippen LogP contribution in [0.4, 0.5) is 11.5 Å². The molecule has 2 rings (SSSR count). The number of hydrogen-bond donors (Lipinski definition) is 3. The molecule has 8 heteroatoms.